The summed E-state index contributed by atoms with van der Waals surface area (Å²) in [7, 11) is -3.69. The van der Waals surface area contributed by atoms with Crippen LogP contribution in [0, 0.1) is 0 Å². The topological polar surface area (TPSA) is 143 Å². The number of hydrogen-bond acceptors (Lipinski definition) is 8. The van der Waals surface area contributed by atoms with Crippen LogP contribution >= 0.6 is 11.8 Å². The minimum Gasteiger partial charge on any atom is -0.411 e. The van der Waals surface area contributed by atoms with Gasteiger partial charge in [-0.25, -0.2) is 8.42 Å². The smallest absolute Gasteiger partial charge is 0.277 e. The third-order valence-electron chi connectivity index (χ3n) is 4.94. The number of benzene rings is 3. The minimum atomic E-state index is -3.69. The standard InChI is InChI=1S/C25H23N5O5S2/c1-2-22(31)26-18-12-14-19(15-13-18)27-23(32)16-36-25-29-28-24(35-25)17-8-10-20(11-9-17)30-37(33,34)21-6-4-3-5-7-21/h3-15,30H,2,16H2,1H3,(H,26,31)(H,27,32). The molecule has 0 bridgehead atoms. The van der Waals surface area contributed by atoms with E-state index in [0.29, 0.717) is 29.0 Å². The molecule has 3 N–H and O–H groups in total. The molecule has 1 heterocycles. The highest BCUT2D eigenvalue weighted by Crippen LogP contribution is 2.25. The SMILES string of the molecule is CCC(=O)Nc1ccc(NC(=O)CSc2nnc(-c3ccc(NS(=O)(=O)c4ccccc4)cc3)o2)cc1. The monoisotopic (exact) mass is 537 g/mol. The molecular formula is C25H23N5O5S2. The molecule has 0 saturated heterocycles. The maximum Gasteiger partial charge on any atom is 0.277 e. The number of nitrogens with one attached hydrogen (secondary N) is 3. The highest BCUT2D eigenvalue weighted by atomic mass is 32.2. The number of rotatable bonds is 10. The Labute approximate surface area is 217 Å². The first-order valence-corrected chi connectivity index (χ1v) is 13.6. The third-order valence-corrected chi connectivity index (χ3v) is 7.16. The Hall–Kier alpha value is -4.16. The number of aromatic nitrogens is 2. The lowest BCUT2D eigenvalue weighted by Gasteiger charge is -2.08. The van der Waals surface area contributed by atoms with Crippen molar-refractivity contribution in [3.05, 3.63) is 78.9 Å². The van der Waals surface area contributed by atoms with E-state index in [4.69, 9.17) is 4.42 Å². The number of carbonyl (C=O) groups excluding carboxylic acids is 2. The number of thioether (sulfide) groups is 1. The first kappa shape index (κ1) is 25.9. The molecule has 0 radical (unpaired) electrons. The van der Waals surface area contributed by atoms with Crippen LogP contribution in [-0.2, 0) is 19.6 Å². The number of sulfonamides is 1. The van der Waals surface area contributed by atoms with E-state index in [2.05, 4.69) is 25.6 Å². The van der Waals surface area contributed by atoms with Crippen molar-refractivity contribution in [2.75, 3.05) is 21.1 Å². The fraction of sp³-hybridized carbons (Fsp3) is 0.120. The second-order valence-electron chi connectivity index (χ2n) is 7.68. The van der Waals surface area contributed by atoms with Crippen molar-refractivity contribution in [3.63, 3.8) is 0 Å². The van der Waals surface area contributed by atoms with Crippen LogP contribution in [0.4, 0.5) is 17.1 Å². The van der Waals surface area contributed by atoms with E-state index in [0.717, 1.165) is 11.8 Å². The van der Waals surface area contributed by atoms with Crippen LogP contribution in [0.15, 0.2) is 93.4 Å². The van der Waals surface area contributed by atoms with E-state index < -0.39 is 10.0 Å². The summed E-state index contributed by atoms with van der Waals surface area (Å²) in [6, 6.07) is 21.4. The summed E-state index contributed by atoms with van der Waals surface area (Å²) in [5.74, 6) is -0.0538. The zero-order valence-electron chi connectivity index (χ0n) is 19.7. The van der Waals surface area contributed by atoms with Crippen molar-refractivity contribution < 1.29 is 22.4 Å². The van der Waals surface area contributed by atoms with E-state index in [1.807, 2.05) is 0 Å². The van der Waals surface area contributed by atoms with Crippen molar-refractivity contribution in [2.45, 2.75) is 23.5 Å². The Morgan fingerprint density at radius 3 is 2.03 bits per heavy atom. The Kier molecular flexibility index (Phi) is 8.21. The van der Waals surface area contributed by atoms with Gasteiger partial charge in [-0.3, -0.25) is 14.3 Å². The summed E-state index contributed by atoms with van der Waals surface area (Å²) >= 11 is 1.09. The van der Waals surface area contributed by atoms with Gasteiger partial charge in [0.05, 0.1) is 10.6 Å². The van der Waals surface area contributed by atoms with Gasteiger partial charge in [-0.05, 0) is 60.7 Å². The van der Waals surface area contributed by atoms with E-state index in [9.17, 15) is 18.0 Å². The number of nitrogens with zero attached hydrogens (tertiary/aromatic N) is 2. The highest BCUT2D eigenvalue weighted by molar-refractivity contribution is 7.99. The van der Waals surface area contributed by atoms with Gasteiger partial charge in [0.25, 0.3) is 15.2 Å². The molecule has 37 heavy (non-hydrogen) atoms. The van der Waals surface area contributed by atoms with Gasteiger partial charge in [0, 0.05) is 29.0 Å². The minimum absolute atomic E-state index is 0.0517. The van der Waals surface area contributed by atoms with Crippen LogP contribution < -0.4 is 15.4 Å². The number of carbonyl (C=O) groups is 2. The van der Waals surface area contributed by atoms with E-state index in [1.54, 1.807) is 73.7 Å². The van der Waals surface area contributed by atoms with Gasteiger partial charge in [0.15, 0.2) is 0 Å². The molecule has 2 amide bonds. The summed E-state index contributed by atoms with van der Waals surface area (Å²) in [6.07, 6.45) is 0.384. The molecule has 0 saturated carbocycles. The van der Waals surface area contributed by atoms with Crippen LogP contribution in [-0.4, -0.2) is 36.2 Å². The molecule has 4 rings (SSSR count). The molecule has 0 atom stereocenters. The average Bonchev–Trinajstić information content (AvgIpc) is 3.38. The molecule has 0 aliphatic heterocycles. The molecule has 0 fully saturated rings. The normalized spacial score (nSPS) is 11.1. The molecule has 0 spiro atoms. The molecule has 10 nitrogen and oxygen atoms in total. The van der Waals surface area contributed by atoms with E-state index >= 15 is 0 Å². The first-order valence-electron chi connectivity index (χ1n) is 11.2. The van der Waals surface area contributed by atoms with Gasteiger partial charge in [-0.1, -0.05) is 36.9 Å². The second-order valence-corrected chi connectivity index (χ2v) is 10.3. The highest BCUT2D eigenvalue weighted by Gasteiger charge is 2.15. The third kappa shape index (κ3) is 7.18. The van der Waals surface area contributed by atoms with Gasteiger partial charge in [-0.15, -0.1) is 10.2 Å². The van der Waals surface area contributed by atoms with Gasteiger partial charge in [-0.2, -0.15) is 0 Å². The number of anilines is 3. The first-order chi connectivity index (χ1) is 17.8. The Balaban J connectivity index is 1.29. The largest absolute Gasteiger partial charge is 0.411 e. The maximum atomic E-state index is 12.5. The zero-order chi connectivity index (χ0) is 26.3. The fourth-order valence-electron chi connectivity index (χ4n) is 3.09. The number of amides is 2. The lowest BCUT2D eigenvalue weighted by atomic mass is 10.2. The van der Waals surface area contributed by atoms with Crippen molar-refractivity contribution in [3.8, 4) is 11.5 Å². The Morgan fingerprint density at radius 1 is 0.811 bits per heavy atom. The molecule has 1 aromatic heterocycles. The van der Waals surface area contributed by atoms with E-state index in [-0.39, 0.29) is 33.6 Å². The molecule has 3 aromatic carbocycles. The molecule has 190 valence electrons. The molecule has 0 aliphatic carbocycles. The average molecular weight is 538 g/mol. The second kappa shape index (κ2) is 11.7. The predicted octanol–water partition coefficient (Wildman–Crippen LogP) is 4.62. The van der Waals surface area contributed by atoms with Crippen LogP contribution in [0.2, 0.25) is 0 Å². The van der Waals surface area contributed by atoms with Crippen molar-refractivity contribution in [1.29, 1.82) is 0 Å². The quantitative estimate of drug-likeness (QED) is 0.249. The van der Waals surface area contributed by atoms with E-state index in [1.165, 1.54) is 12.1 Å². The van der Waals surface area contributed by atoms with Crippen LogP contribution in [0.25, 0.3) is 11.5 Å². The summed E-state index contributed by atoms with van der Waals surface area (Å²) in [4.78, 5) is 23.9. The summed E-state index contributed by atoms with van der Waals surface area (Å²) in [6.45, 7) is 1.77. The summed E-state index contributed by atoms with van der Waals surface area (Å²) in [5, 5.41) is 13.7. The summed E-state index contributed by atoms with van der Waals surface area (Å²) in [5.41, 5.74) is 2.23. The van der Waals surface area contributed by atoms with Crippen molar-refractivity contribution in [2.24, 2.45) is 0 Å². The molecular weight excluding hydrogens is 514 g/mol. The molecule has 4 aromatic rings. The maximum absolute atomic E-state index is 12.5. The van der Waals surface area contributed by atoms with Gasteiger partial charge < -0.3 is 15.1 Å². The molecule has 0 unspecified atom stereocenters. The Morgan fingerprint density at radius 2 is 1.41 bits per heavy atom. The predicted molar refractivity (Wildman–Crippen MR) is 142 cm³/mol. The van der Waals surface area contributed by atoms with Crippen LogP contribution in [0.5, 0.6) is 0 Å². The van der Waals surface area contributed by atoms with Crippen molar-refractivity contribution >= 4 is 50.7 Å². The molecule has 12 heteroatoms. The van der Waals surface area contributed by atoms with Crippen LogP contribution in [0.1, 0.15) is 13.3 Å². The number of hydrogen-bond donors (Lipinski definition) is 3. The van der Waals surface area contributed by atoms with Gasteiger partial charge >= 0.3 is 0 Å². The summed E-state index contributed by atoms with van der Waals surface area (Å²) < 4.78 is 33.1. The Bertz CT molecular complexity index is 1470. The lowest BCUT2D eigenvalue weighted by molar-refractivity contribution is -0.116. The fourth-order valence-corrected chi connectivity index (χ4v) is 4.73. The van der Waals surface area contributed by atoms with Crippen LogP contribution in [0.3, 0.4) is 0 Å². The van der Waals surface area contributed by atoms with Gasteiger partial charge in [0.2, 0.25) is 17.7 Å². The zero-order valence-corrected chi connectivity index (χ0v) is 21.3. The van der Waals surface area contributed by atoms with Crippen molar-refractivity contribution in [1.82, 2.24) is 10.2 Å². The molecule has 0 aliphatic rings. The van der Waals surface area contributed by atoms with Gasteiger partial charge in [0.1, 0.15) is 0 Å². The lowest BCUT2D eigenvalue weighted by Crippen LogP contribution is -2.14.